The number of hydrogen-bond donors (Lipinski definition) is 1. The van der Waals surface area contributed by atoms with Crippen LogP contribution in [0.1, 0.15) is 48.7 Å². The maximum Gasteiger partial charge on any atom is 0.306 e. The van der Waals surface area contributed by atoms with E-state index in [0.717, 1.165) is 24.2 Å². The van der Waals surface area contributed by atoms with Gasteiger partial charge in [0.1, 0.15) is 11.9 Å². The zero-order valence-corrected chi connectivity index (χ0v) is 13.8. The molecule has 0 saturated carbocycles. The van der Waals surface area contributed by atoms with Crippen molar-refractivity contribution >= 4 is 5.97 Å². The molecule has 0 bridgehead atoms. The Morgan fingerprint density at radius 1 is 1.21 bits per heavy atom. The summed E-state index contributed by atoms with van der Waals surface area (Å²) in [7, 11) is 0. The smallest absolute Gasteiger partial charge is 0.306 e. The highest BCUT2D eigenvalue weighted by molar-refractivity contribution is 5.67. The van der Waals surface area contributed by atoms with Gasteiger partial charge in [-0.1, -0.05) is 36.4 Å². The number of aryl methyl sites for hydroxylation is 1. The minimum Gasteiger partial charge on any atom is -0.486 e. The van der Waals surface area contributed by atoms with Crippen molar-refractivity contribution in [1.29, 1.82) is 0 Å². The van der Waals surface area contributed by atoms with Gasteiger partial charge in [-0.25, -0.2) is 0 Å². The Morgan fingerprint density at radius 2 is 1.96 bits per heavy atom. The number of carbonyl (C=O) groups is 1. The molecule has 3 rings (SSSR count). The van der Waals surface area contributed by atoms with Crippen molar-refractivity contribution in [2.45, 2.75) is 38.4 Å². The molecule has 0 heterocycles. The van der Waals surface area contributed by atoms with Gasteiger partial charge in [0.05, 0.1) is 12.5 Å². The van der Waals surface area contributed by atoms with Crippen LogP contribution >= 0.6 is 0 Å². The van der Waals surface area contributed by atoms with E-state index in [1.165, 1.54) is 11.1 Å². The Hall–Kier alpha value is -2.33. The molecule has 4 heteroatoms. The minimum atomic E-state index is -0.865. The molecular weight excluding hydrogens is 304 g/mol. The Labute approximate surface area is 142 Å². The van der Waals surface area contributed by atoms with E-state index in [-0.39, 0.29) is 12.5 Å². The lowest BCUT2D eigenvalue weighted by atomic mass is 10.1. The molecule has 0 aliphatic heterocycles. The molecule has 0 fully saturated rings. The number of benzene rings is 2. The molecular formula is C20H22O4. The van der Waals surface area contributed by atoms with E-state index in [4.69, 9.17) is 14.6 Å². The number of fused-ring (bicyclic) bond motifs is 1. The maximum atomic E-state index is 11.0. The Kier molecular flexibility index (Phi) is 5.16. The number of ether oxygens (including phenoxy) is 2. The number of rotatable bonds is 7. The van der Waals surface area contributed by atoms with Gasteiger partial charge < -0.3 is 14.6 Å². The van der Waals surface area contributed by atoms with Crippen molar-refractivity contribution < 1.29 is 19.4 Å². The zero-order chi connectivity index (χ0) is 16.9. The first-order chi connectivity index (χ1) is 11.7. The van der Waals surface area contributed by atoms with Gasteiger partial charge in [-0.2, -0.15) is 0 Å². The van der Waals surface area contributed by atoms with Crippen molar-refractivity contribution in [3.05, 3.63) is 65.2 Å². The van der Waals surface area contributed by atoms with Crippen LogP contribution in [0, 0.1) is 0 Å². The summed E-state index contributed by atoms with van der Waals surface area (Å²) in [6, 6.07) is 15.9. The van der Waals surface area contributed by atoms with Crippen LogP contribution in [0.25, 0.3) is 0 Å². The fourth-order valence-corrected chi connectivity index (χ4v) is 3.20. The molecule has 126 valence electrons. The third-order valence-electron chi connectivity index (χ3n) is 4.34. The molecule has 24 heavy (non-hydrogen) atoms. The molecule has 0 unspecified atom stereocenters. The fraction of sp³-hybridized carbons (Fsp3) is 0.350. The van der Waals surface area contributed by atoms with Crippen LogP contribution in [0.5, 0.6) is 5.75 Å². The molecule has 1 N–H and O–H groups in total. The topological polar surface area (TPSA) is 55.8 Å². The van der Waals surface area contributed by atoms with E-state index in [2.05, 4.69) is 18.2 Å². The summed E-state index contributed by atoms with van der Waals surface area (Å²) in [5.74, 6) is -0.0673. The first-order valence-corrected chi connectivity index (χ1v) is 8.35. The number of aliphatic carboxylic acids is 1. The highest BCUT2D eigenvalue weighted by Gasteiger charge is 2.23. The maximum absolute atomic E-state index is 11.0. The second kappa shape index (κ2) is 7.49. The van der Waals surface area contributed by atoms with Gasteiger partial charge in [0.15, 0.2) is 0 Å². The summed E-state index contributed by atoms with van der Waals surface area (Å²) in [4.78, 5) is 11.0. The second-order valence-corrected chi connectivity index (χ2v) is 5.95. The first-order valence-electron chi connectivity index (χ1n) is 8.35. The molecule has 0 spiro atoms. The molecule has 1 aliphatic rings. The average Bonchev–Trinajstić information content (AvgIpc) is 2.98. The quantitative estimate of drug-likeness (QED) is 0.824. The summed E-state index contributed by atoms with van der Waals surface area (Å²) < 4.78 is 11.7. The van der Waals surface area contributed by atoms with E-state index < -0.39 is 12.1 Å². The molecule has 2 aromatic rings. The van der Waals surface area contributed by atoms with Crippen molar-refractivity contribution in [3.63, 3.8) is 0 Å². The standard InChI is InChI=1S/C20H22O4/c1-2-23-19(13-20(21)22)15-7-10-16(11-8-15)24-18-12-9-14-5-3-4-6-17(14)18/h3-8,10-11,18-19H,2,9,12-13H2,1H3,(H,21,22)/t18-,19+/m1/s1. The van der Waals surface area contributed by atoms with Crippen molar-refractivity contribution in [2.75, 3.05) is 6.61 Å². The fourth-order valence-electron chi connectivity index (χ4n) is 3.20. The average molecular weight is 326 g/mol. The van der Waals surface area contributed by atoms with Crippen LogP contribution in [0.15, 0.2) is 48.5 Å². The first kappa shape index (κ1) is 16.5. The predicted octanol–water partition coefficient (Wildman–Crippen LogP) is 4.31. The lowest BCUT2D eigenvalue weighted by molar-refractivity contribution is -0.140. The van der Waals surface area contributed by atoms with E-state index in [0.29, 0.717) is 6.61 Å². The molecule has 0 radical (unpaired) electrons. The number of carboxylic acid groups (broad SMARTS) is 1. The van der Waals surface area contributed by atoms with Gasteiger partial charge in [-0.15, -0.1) is 0 Å². The van der Waals surface area contributed by atoms with E-state index in [1.807, 2.05) is 37.3 Å². The zero-order valence-electron chi connectivity index (χ0n) is 13.8. The van der Waals surface area contributed by atoms with Gasteiger partial charge in [0, 0.05) is 6.61 Å². The minimum absolute atomic E-state index is 0.0377. The molecule has 2 atom stereocenters. The van der Waals surface area contributed by atoms with E-state index in [1.54, 1.807) is 0 Å². The van der Waals surface area contributed by atoms with Gasteiger partial charge in [0.2, 0.25) is 0 Å². The van der Waals surface area contributed by atoms with E-state index in [9.17, 15) is 4.79 Å². The summed E-state index contributed by atoms with van der Waals surface area (Å²) in [5.41, 5.74) is 3.48. The van der Waals surface area contributed by atoms with Gasteiger partial charge >= 0.3 is 5.97 Å². The number of hydrogen-bond acceptors (Lipinski definition) is 3. The van der Waals surface area contributed by atoms with Gasteiger partial charge in [-0.05, 0) is 48.6 Å². The van der Waals surface area contributed by atoms with Crippen molar-refractivity contribution in [3.8, 4) is 5.75 Å². The number of carboxylic acids is 1. The van der Waals surface area contributed by atoms with Crippen LogP contribution in [0.3, 0.4) is 0 Å². The normalized spacial score (nSPS) is 17.3. The van der Waals surface area contributed by atoms with Crippen LogP contribution in [-0.4, -0.2) is 17.7 Å². The van der Waals surface area contributed by atoms with Crippen LogP contribution < -0.4 is 4.74 Å². The van der Waals surface area contributed by atoms with Crippen molar-refractivity contribution in [2.24, 2.45) is 0 Å². The van der Waals surface area contributed by atoms with Crippen LogP contribution in [-0.2, 0) is 16.0 Å². The van der Waals surface area contributed by atoms with Gasteiger partial charge in [0.25, 0.3) is 0 Å². The Balaban J connectivity index is 1.69. The van der Waals surface area contributed by atoms with Crippen LogP contribution in [0.2, 0.25) is 0 Å². The predicted molar refractivity (Wildman–Crippen MR) is 91.2 cm³/mol. The molecule has 0 amide bonds. The lowest BCUT2D eigenvalue weighted by Crippen LogP contribution is -2.10. The third kappa shape index (κ3) is 3.77. The molecule has 0 saturated heterocycles. The summed E-state index contributed by atoms with van der Waals surface area (Å²) >= 11 is 0. The van der Waals surface area contributed by atoms with Gasteiger partial charge in [-0.3, -0.25) is 4.79 Å². The largest absolute Gasteiger partial charge is 0.486 e. The monoisotopic (exact) mass is 326 g/mol. The molecule has 4 nitrogen and oxygen atoms in total. The summed E-state index contributed by atoms with van der Waals surface area (Å²) in [6.07, 6.45) is 1.66. The summed E-state index contributed by atoms with van der Waals surface area (Å²) in [6.45, 7) is 2.35. The molecule has 1 aliphatic carbocycles. The van der Waals surface area contributed by atoms with Crippen molar-refractivity contribution in [1.82, 2.24) is 0 Å². The van der Waals surface area contributed by atoms with E-state index >= 15 is 0 Å². The Bertz CT molecular complexity index is 693. The highest BCUT2D eigenvalue weighted by atomic mass is 16.5. The molecule has 0 aromatic heterocycles. The van der Waals surface area contributed by atoms with Crippen LogP contribution in [0.4, 0.5) is 0 Å². The summed E-state index contributed by atoms with van der Waals surface area (Å²) in [5, 5.41) is 9.00. The highest BCUT2D eigenvalue weighted by Crippen LogP contribution is 2.35. The second-order valence-electron chi connectivity index (χ2n) is 5.95. The Morgan fingerprint density at radius 3 is 2.67 bits per heavy atom. The third-order valence-corrected chi connectivity index (χ3v) is 4.34. The SMILES string of the molecule is CCO[C@@H](CC(=O)O)c1ccc(O[C@@H]2CCc3ccccc32)cc1. The lowest BCUT2D eigenvalue weighted by Gasteiger charge is -2.18. The molecule has 2 aromatic carbocycles.